The zero-order chi connectivity index (χ0) is 20.8. The van der Waals surface area contributed by atoms with Gasteiger partial charge in [0.2, 0.25) is 0 Å². The molecule has 0 fully saturated rings. The highest BCUT2D eigenvalue weighted by atomic mass is 32.1. The van der Waals surface area contributed by atoms with E-state index in [-0.39, 0.29) is 22.5 Å². The van der Waals surface area contributed by atoms with E-state index in [0.29, 0.717) is 21.0 Å². The van der Waals surface area contributed by atoms with Crippen LogP contribution in [0.1, 0.15) is 36.0 Å². The van der Waals surface area contributed by atoms with E-state index in [1.54, 1.807) is 51.4 Å². The summed E-state index contributed by atoms with van der Waals surface area (Å²) in [5, 5.41) is 3.24. The van der Waals surface area contributed by atoms with Crippen LogP contribution in [0.5, 0.6) is 0 Å². The number of nitrogens with one attached hydrogen (secondary N) is 3. The number of esters is 1. The van der Waals surface area contributed by atoms with Crippen LogP contribution in [0.2, 0.25) is 0 Å². The fourth-order valence-electron chi connectivity index (χ4n) is 2.27. The molecule has 0 spiro atoms. The minimum atomic E-state index is -0.592. The molecule has 1 aromatic carbocycles. The van der Waals surface area contributed by atoms with Crippen molar-refractivity contribution in [3.8, 4) is 0 Å². The molecule has 28 heavy (non-hydrogen) atoms. The van der Waals surface area contributed by atoms with E-state index in [2.05, 4.69) is 16.2 Å². The van der Waals surface area contributed by atoms with Crippen molar-refractivity contribution in [1.82, 2.24) is 15.8 Å². The molecule has 0 radical (unpaired) electrons. The molecule has 2 amide bonds. The molecule has 10 heteroatoms. The van der Waals surface area contributed by atoms with Crippen LogP contribution in [0.25, 0.3) is 0 Å². The number of hydrazine groups is 1. The molecule has 3 N–H and O–H groups in total. The summed E-state index contributed by atoms with van der Waals surface area (Å²) in [5.74, 6) is -1.20. The van der Waals surface area contributed by atoms with Gasteiger partial charge in [-0.3, -0.25) is 20.4 Å². The Morgan fingerprint density at radius 2 is 1.75 bits per heavy atom. The number of methoxy groups -OCH3 is 1. The Balaban J connectivity index is 2.16. The molecule has 0 saturated carbocycles. The summed E-state index contributed by atoms with van der Waals surface area (Å²) in [6, 6.07) is 8.60. The number of hydrogen-bond acceptors (Lipinski definition) is 6. The molecule has 0 aliphatic heterocycles. The third-order valence-corrected chi connectivity index (χ3v) is 5.09. The largest absolute Gasteiger partial charge is 0.465 e. The molecule has 0 saturated heterocycles. The van der Waals surface area contributed by atoms with Crippen LogP contribution in [0, 0.1) is 6.92 Å². The van der Waals surface area contributed by atoms with Crippen LogP contribution in [0.15, 0.2) is 30.3 Å². The lowest BCUT2D eigenvalue weighted by Gasteiger charge is -2.11. The Bertz CT molecular complexity index is 910. The second-order valence-electron chi connectivity index (χ2n) is 5.85. The predicted octanol–water partition coefficient (Wildman–Crippen LogP) is 2.18. The van der Waals surface area contributed by atoms with Crippen LogP contribution in [0.3, 0.4) is 0 Å². The van der Waals surface area contributed by atoms with Crippen molar-refractivity contribution >= 4 is 51.5 Å². The molecule has 8 nitrogen and oxygen atoms in total. The van der Waals surface area contributed by atoms with Crippen LogP contribution in [-0.2, 0) is 4.74 Å². The molecule has 148 valence electrons. The third kappa shape index (κ3) is 4.84. The molecule has 0 unspecified atom stereocenters. The van der Waals surface area contributed by atoms with Gasteiger partial charge in [0.1, 0.15) is 5.00 Å². The van der Waals surface area contributed by atoms with E-state index in [1.807, 2.05) is 0 Å². The van der Waals surface area contributed by atoms with Gasteiger partial charge in [0, 0.05) is 19.7 Å². The lowest BCUT2D eigenvalue weighted by Crippen LogP contribution is -2.43. The number of hydrogen-bond donors (Lipinski definition) is 3. The second-order valence-corrected chi connectivity index (χ2v) is 7.28. The average molecular weight is 421 g/mol. The number of carbonyl (C=O) groups excluding carboxylic acids is 3. The van der Waals surface area contributed by atoms with Crippen molar-refractivity contribution in [2.75, 3.05) is 26.5 Å². The van der Waals surface area contributed by atoms with Crippen molar-refractivity contribution in [3.63, 3.8) is 0 Å². The summed E-state index contributed by atoms with van der Waals surface area (Å²) in [4.78, 5) is 38.4. The monoisotopic (exact) mass is 420 g/mol. The normalized spacial score (nSPS) is 10.0. The molecule has 0 atom stereocenters. The average Bonchev–Trinajstić information content (AvgIpc) is 3.01. The molecule has 0 aliphatic rings. The smallest absolute Gasteiger partial charge is 0.341 e. The Morgan fingerprint density at radius 1 is 1.11 bits per heavy atom. The molecule has 2 aromatic rings. The first kappa shape index (κ1) is 21.3. The first-order valence-electron chi connectivity index (χ1n) is 8.12. The molecular weight excluding hydrogens is 400 g/mol. The zero-order valence-electron chi connectivity index (χ0n) is 15.8. The fourth-order valence-corrected chi connectivity index (χ4v) is 3.70. The van der Waals surface area contributed by atoms with E-state index in [1.165, 1.54) is 12.0 Å². The highest BCUT2D eigenvalue weighted by Gasteiger charge is 2.26. The summed E-state index contributed by atoms with van der Waals surface area (Å²) in [6.07, 6.45) is 0. The predicted molar refractivity (Wildman–Crippen MR) is 112 cm³/mol. The molecule has 0 aliphatic carbocycles. The van der Waals surface area contributed by atoms with Crippen molar-refractivity contribution < 1.29 is 19.1 Å². The summed E-state index contributed by atoms with van der Waals surface area (Å²) in [6.45, 7) is 1.67. The molecular formula is C18H20N4O4S2. The van der Waals surface area contributed by atoms with Crippen LogP contribution >= 0.6 is 23.6 Å². The number of rotatable bonds is 4. The molecule has 1 heterocycles. The first-order chi connectivity index (χ1) is 13.3. The number of thiocarbonyl (C=S) groups is 1. The highest BCUT2D eigenvalue weighted by Crippen LogP contribution is 2.34. The number of anilines is 1. The Labute approximate surface area is 171 Å². The summed E-state index contributed by atoms with van der Waals surface area (Å²) < 4.78 is 4.82. The zero-order valence-corrected chi connectivity index (χ0v) is 17.4. The SMILES string of the molecule is COC(=O)c1c(NC(=S)NNC(=O)c2ccccc2)sc(C(=O)N(C)C)c1C. The minimum absolute atomic E-state index is 0.0551. The molecule has 0 bridgehead atoms. The van der Waals surface area contributed by atoms with Gasteiger partial charge in [-0.2, -0.15) is 0 Å². The van der Waals surface area contributed by atoms with Gasteiger partial charge in [0.25, 0.3) is 11.8 Å². The maximum atomic E-state index is 12.4. The van der Waals surface area contributed by atoms with Crippen LogP contribution in [0.4, 0.5) is 5.00 Å². The van der Waals surface area contributed by atoms with E-state index in [0.717, 1.165) is 11.3 Å². The van der Waals surface area contributed by atoms with Crippen LogP contribution < -0.4 is 16.2 Å². The van der Waals surface area contributed by atoms with Gasteiger partial charge in [-0.05, 0) is 36.8 Å². The molecule has 1 aromatic heterocycles. The number of ether oxygens (including phenoxy) is 1. The lowest BCUT2D eigenvalue weighted by atomic mass is 10.1. The highest BCUT2D eigenvalue weighted by molar-refractivity contribution is 7.80. The second kappa shape index (κ2) is 9.29. The Kier molecular flexibility index (Phi) is 7.07. The third-order valence-electron chi connectivity index (χ3n) is 3.69. The summed E-state index contributed by atoms with van der Waals surface area (Å²) in [7, 11) is 4.50. The maximum absolute atomic E-state index is 12.4. The van der Waals surface area contributed by atoms with Crippen molar-refractivity contribution in [1.29, 1.82) is 0 Å². The summed E-state index contributed by atoms with van der Waals surface area (Å²) >= 11 is 6.26. The van der Waals surface area contributed by atoms with Crippen molar-refractivity contribution in [2.45, 2.75) is 6.92 Å². The fraction of sp³-hybridized carbons (Fsp3) is 0.222. The standard InChI is InChI=1S/C18H20N4O4S2/c1-10-12(17(25)26-4)15(28-13(10)16(24)22(2)3)19-18(27)21-20-14(23)11-8-6-5-7-9-11/h5-9H,1-4H3,(H,20,23)(H2,19,21,27). The minimum Gasteiger partial charge on any atom is -0.465 e. The van der Waals surface area contributed by atoms with Gasteiger partial charge in [0.15, 0.2) is 5.11 Å². The van der Waals surface area contributed by atoms with Gasteiger partial charge in [0.05, 0.1) is 17.6 Å². The first-order valence-corrected chi connectivity index (χ1v) is 9.34. The van der Waals surface area contributed by atoms with E-state index >= 15 is 0 Å². The van der Waals surface area contributed by atoms with Crippen molar-refractivity contribution in [2.24, 2.45) is 0 Å². The van der Waals surface area contributed by atoms with Gasteiger partial charge < -0.3 is 15.0 Å². The number of nitrogens with zero attached hydrogens (tertiary/aromatic N) is 1. The number of carbonyl (C=O) groups is 3. The lowest BCUT2D eigenvalue weighted by molar-refractivity contribution is 0.0601. The van der Waals surface area contributed by atoms with Crippen LogP contribution in [-0.4, -0.2) is 49.0 Å². The Morgan fingerprint density at radius 3 is 2.32 bits per heavy atom. The number of thiophene rings is 1. The van der Waals surface area contributed by atoms with E-state index < -0.39 is 5.97 Å². The maximum Gasteiger partial charge on any atom is 0.341 e. The number of amides is 2. The number of benzene rings is 1. The van der Waals surface area contributed by atoms with E-state index in [9.17, 15) is 14.4 Å². The van der Waals surface area contributed by atoms with Crippen molar-refractivity contribution in [3.05, 3.63) is 51.9 Å². The quantitative estimate of drug-likeness (QED) is 0.396. The Hall–Kier alpha value is -2.98. The van der Waals surface area contributed by atoms with E-state index in [4.69, 9.17) is 17.0 Å². The van der Waals surface area contributed by atoms with Gasteiger partial charge >= 0.3 is 5.97 Å². The summed E-state index contributed by atoms with van der Waals surface area (Å²) in [5.41, 5.74) is 6.21. The topological polar surface area (TPSA) is 99.8 Å². The van der Waals surface area contributed by atoms with Gasteiger partial charge in [-0.15, -0.1) is 11.3 Å². The molecule has 2 rings (SSSR count). The van der Waals surface area contributed by atoms with Gasteiger partial charge in [-0.25, -0.2) is 4.79 Å². The van der Waals surface area contributed by atoms with Gasteiger partial charge in [-0.1, -0.05) is 18.2 Å².